The number of carbonyl (C=O) groups excluding carboxylic acids is 2. The van der Waals surface area contributed by atoms with Crippen molar-refractivity contribution in [2.45, 2.75) is 144 Å². The third kappa shape index (κ3) is 10.8. The molecule has 0 aliphatic carbocycles. The van der Waals surface area contributed by atoms with Crippen LogP contribution >= 0.6 is 0 Å². The summed E-state index contributed by atoms with van der Waals surface area (Å²) in [5, 5.41) is -0.00248. The molecule has 236 valence electrons. The van der Waals surface area contributed by atoms with Crippen molar-refractivity contribution in [2.24, 2.45) is 17.3 Å². The molecule has 41 heavy (non-hydrogen) atoms. The lowest BCUT2D eigenvalue weighted by Crippen LogP contribution is -2.54. The van der Waals surface area contributed by atoms with E-state index in [1.54, 1.807) is 0 Å². The first-order valence-electron chi connectivity index (χ1n) is 15.5. The Kier molecular flexibility index (Phi) is 13.9. The van der Waals surface area contributed by atoms with Crippen molar-refractivity contribution in [3.05, 3.63) is 35.9 Å². The number of aldehydes is 1. The molecular formula is C34H62O5Si2. The maximum Gasteiger partial charge on any atom is 0.192 e. The second kappa shape index (κ2) is 15.0. The Labute approximate surface area is 254 Å². The van der Waals surface area contributed by atoms with Crippen LogP contribution in [0.4, 0.5) is 0 Å². The van der Waals surface area contributed by atoms with E-state index in [1.165, 1.54) is 5.56 Å². The Morgan fingerprint density at radius 1 is 0.854 bits per heavy atom. The molecule has 7 heteroatoms. The highest BCUT2D eigenvalue weighted by Crippen LogP contribution is 2.43. The molecule has 4 atom stereocenters. The van der Waals surface area contributed by atoms with E-state index in [4.69, 9.17) is 13.6 Å². The molecule has 0 saturated heterocycles. The predicted molar refractivity (Wildman–Crippen MR) is 177 cm³/mol. The van der Waals surface area contributed by atoms with Crippen molar-refractivity contribution >= 4 is 28.7 Å². The Morgan fingerprint density at radius 2 is 1.37 bits per heavy atom. The van der Waals surface area contributed by atoms with Gasteiger partial charge in [-0.15, -0.1) is 0 Å². The molecule has 5 nitrogen and oxygen atoms in total. The van der Waals surface area contributed by atoms with Crippen LogP contribution in [0.3, 0.4) is 0 Å². The summed E-state index contributed by atoms with van der Waals surface area (Å²) >= 11 is 0. The first kappa shape index (κ1) is 37.9. The molecule has 0 radical (unpaired) electrons. The SMILES string of the molecule is CC(CCCOCc1ccccc1)[C@H](O[Si](C)(C)C(C)(C)C)C(C)C(=O)C(C)(C)C(CC=O)O[Si](C)(C)C(C)(C)C. The van der Waals surface area contributed by atoms with E-state index in [0.717, 1.165) is 19.1 Å². The first-order chi connectivity index (χ1) is 18.6. The van der Waals surface area contributed by atoms with E-state index in [0.29, 0.717) is 13.2 Å². The first-order valence-corrected chi connectivity index (χ1v) is 21.4. The summed E-state index contributed by atoms with van der Waals surface area (Å²) in [7, 11) is -4.37. The van der Waals surface area contributed by atoms with Gasteiger partial charge in [-0.05, 0) is 60.6 Å². The van der Waals surface area contributed by atoms with Crippen LogP contribution in [0.5, 0.6) is 0 Å². The van der Waals surface area contributed by atoms with Crippen molar-refractivity contribution < 1.29 is 23.2 Å². The number of ketones is 1. The minimum absolute atomic E-state index is 0.0214. The third-order valence-electron chi connectivity index (χ3n) is 9.76. The molecular weight excluding hydrogens is 545 g/mol. The van der Waals surface area contributed by atoms with Crippen LogP contribution in [-0.2, 0) is 29.8 Å². The second-order valence-corrected chi connectivity index (χ2v) is 25.2. The standard InChI is InChI=1S/C34H62O5Si2/c1-26(19-18-24-37-25-28-20-16-15-17-21-28)30(39-41(13,14)33(6,7)8)27(2)31(36)34(9,10)29(22-23-35)38-40(11,12)32(3,4)5/h15-17,20-21,23,26-27,29-30H,18-19,22,24-25H2,1-14H3/t26?,27?,29?,30-/m0/s1. The fourth-order valence-electron chi connectivity index (χ4n) is 4.67. The molecule has 0 spiro atoms. The number of benzene rings is 1. The zero-order valence-electron chi connectivity index (χ0n) is 28.9. The van der Waals surface area contributed by atoms with E-state index in [1.807, 2.05) is 39.0 Å². The van der Waals surface area contributed by atoms with Gasteiger partial charge in [-0.2, -0.15) is 0 Å². The van der Waals surface area contributed by atoms with E-state index in [9.17, 15) is 9.59 Å². The van der Waals surface area contributed by atoms with Crippen molar-refractivity contribution in [3.8, 4) is 0 Å². The predicted octanol–water partition coefficient (Wildman–Crippen LogP) is 9.22. The summed E-state index contributed by atoms with van der Waals surface area (Å²) in [5.41, 5.74) is 0.342. The fraction of sp³-hybridized carbons (Fsp3) is 0.765. The van der Waals surface area contributed by atoms with E-state index in [2.05, 4.69) is 86.8 Å². The van der Waals surface area contributed by atoms with Gasteiger partial charge in [0, 0.05) is 24.4 Å². The molecule has 0 bridgehead atoms. The molecule has 0 aliphatic rings. The average Bonchev–Trinajstić information content (AvgIpc) is 2.85. The Bertz CT molecular complexity index is 944. The van der Waals surface area contributed by atoms with Crippen LogP contribution < -0.4 is 0 Å². The Balaban J connectivity index is 3.16. The maximum atomic E-state index is 14.4. The normalized spacial score (nSPS) is 16.6. The lowest BCUT2D eigenvalue weighted by atomic mass is 9.73. The number of Topliss-reactive ketones (excluding diaryl/α,β-unsaturated/α-hetero) is 1. The Hall–Kier alpha value is -1.13. The summed E-state index contributed by atoms with van der Waals surface area (Å²) in [6, 6.07) is 10.2. The molecule has 0 amide bonds. The largest absolute Gasteiger partial charge is 0.413 e. The van der Waals surface area contributed by atoms with E-state index >= 15 is 0 Å². The summed E-state index contributed by atoms with van der Waals surface area (Å²) in [4.78, 5) is 26.1. The molecule has 0 aromatic heterocycles. The van der Waals surface area contributed by atoms with E-state index < -0.39 is 28.2 Å². The molecule has 0 N–H and O–H groups in total. The van der Waals surface area contributed by atoms with Gasteiger partial charge in [0.05, 0.1) is 18.8 Å². The fourth-order valence-corrected chi connectivity index (χ4v) is 7.59. The van der Waals surface area contributed by atoms with Gasteiger partial charge in [0.15, 0.2) is 16.6 Å². The maximum absolute atomic E-state index is 14.4. The highest BCUT2D eigenvalue weighted by atomic mass is 28.4. The molecule has 0 heterocycles. The van der Waals surface area contributed by atoms with Gasteiger partial charge in [0.1, 0.15) is 12.1 Å². The number of hydrogen-bond donors (Lipinski definition) is 0. The molecule has 1 aromatic rings. The Morgan fingerprint density at radius 3 is 1.85 bits per heavy atom. The van der Waals surface area contributed by atoms with Crippen LogP contribution in [0.15, 0.2) is 30.3 Å². The minimum Gasteiger partial charge on any atom is -0.413 e. The van der Waals surface area contributed by atoms with E-state index in [-0.39, 0.29) is 40.2 Å². The van der Waals surface area contributed by atoms with Crippen molar-refractivity contribution in [2.75, 3.05) is 6.61 Å². The van der Waals surface area contributed by atoms with Gasteiger partial charge >= 0.3 is 0 Å². The van der Waals surface area contributed by atoms with Gasteiger partial charge in [-0.3, -0.25) is 4.79 Å². The minimum atomic E-state index is -2.21. The van der Waals surface area contributed by atoms with Crippen LogP contribution in [0, 0.1) is 17.3 Å². The highest BCUT2D eigenvalue weighted by Gasteiger charge is 2.49. The molecule has 0 fully saturated rings. The number of ether oxygens (including phenoxy) is 1. The number of hydrogen-bond acceptors (Lipinski definition) is 5. The number of rotatable bonds is 17. The quantitative estimate of drug-likeness (QED) is 0.100. The lowest BCUT2D eigenvalue weighted by Gasteiger charge is -2.46. The van der Waals surface area contributed by atoms with Crippen LogP contribution in [0.1, 0.15) is 94.1 Å². The molecule has 0 aliphatic heterocycles. The van der Waals surface area contributed by atoms with Crippen molar-refractivity contribution in [1.82, 2.24) is 0 Å². The van der Waals surface area contributed by atoms with Crippen LogP contribution in [0.2, 0.25) is 36.3 Å². The van der Waals surface area contributed by atoms with Crippen molar-refractivity contribution in [1.29, 1.82) is 0 Å². The smallest absolute Gasteiger partial charge is 0.192 e. The van der Waals surface area contributed by atoms with Crippen LogP contribution in [-0.4, -0.2) is 47.5 Å². The second-order valence-electron chi connectivity index (χ2n) is 15.6. The van der Waals surface area contributed by atoms with Gasteiger partial charge < -0.3 is 18.4 Å². The molecule has 0 saturated carbocycles. The van der Waals surface area contributed by atoms with Crippen LogP contribution in [0.25, 0.3) is 0 Å². The zero-order chi connectivity index (χ0) is 31.9. The molecule has 3 unspecified atom stereocenters. The summed E-state index contributed by atoms with van der Waals surface area (Å²) < 4.78 is 19.7. The van der Waals surface area contributed by atoms with Crippen molar-refractivity contribution in [3.63, 3.8) is 0 Å². The lowest BCUT2D eigenvalue weighted by molar-refractivity contribution is -0.141. The third-order valence-corrected chi connectivity index (χ3v) is 18.7. The molecule has 1 aromatic carbocycles. The zero-order valence-corrected chi connectivity index (χ0v) is 30.9. The van der Waals surface area contributed by atoms with Gasteiger partial charge in [-0.25, -0.2) is 0 Å². The number of carbonyl (C=O) groups is 2. The topological polar surface area (TPSA) is 61.8 Å². The highest BCUT2D eigenvalue weighted by molar-refractivity contribution is 6.74. The van der Waals surface area contributed by atoms with Gasteiger partial charge in [0.25, 0.3) is 0 Å². The summed E-state index contributed by atoms with van der Waals surface area (Å²) in [6.07, 6.45) is 2.23. The average molecular weight is 607 g/mol. The summed E-state index contributed by atoms with van der Waals surface area (Å²) in [6.45, 7) is 31.6. The van der Waals surface area contributed by atoms with Gasteiger partial charge in [-0.1, -0.05) is 99.6 Å². The monoisotopic (exact) mass is 606 g/mol. The molecule has 1 rings (SSSR count). The van der Waals surface area contributed by atoms with Gasteiger partial charge in [0.2, 0.25) is 0 Å². The summed E-state index contributed by atoms with van der Waals surface area (Å²) in [5.74, 6) is -0.0551.